The summed E-state index contributed by atoms with van der Waals surface area (Å²) in [6, 6.07) is 5.37. The molecular weight excluding hydrogens is 248 g/mol. The molecule has 0 N–H and O–H groups in total. The second-order valence-electron chi connectivity index (χ2n) is 4.01. The quantitative estimate of drug-likeness (QED) is 0.455. The van der Waals surface area contributed by atoms with Crippen molar-refractivity contribution < 1.29 is 13.8 Å². The minimum absolute atomic E-state index is 0.327. The van der Waals surface area contributed by atoms with Crippen molar-refractivity contribution in [3.05, 3.63) is 58.4 Å². The molecule has 0 saturated carbocycles. The SMILES string of the molecule is CC[C@H]([C@@H](N=Cc1ccco1)c1ccco1)[N+](=O)[O-]. The Balaban J connectivity index is 2.27. The molecule has 0 aromatic carbocycles. The number of aliphatic imine (C=N–C) groups is 1. The zero-order chi connectivity index (χ0) is 13.7. The molecule has 19 heavy (non-hydrogen) atoms. The van der Waals surface area contributed by atoms with Crippen LogP contribution in [0.3, 0.4) is 0 Å². The summed E-state index contributed by atoms with van der Waals surface area (Å²) in [5.74, 6) is 1.03. The van der Waals surface area contributed by atoms with E-state index in [0.29, 0.717) is 17.9 Å². The summed E-state index contributed by atoms with van der Waals surface area (Å²) >= 11 is 0. The van der Waals surface area contributed by atoms with Crippen molar-refractivity contribution in [1.29, 1.82) is 0 Å². The number of furan rings is 2. The molecule has 0 amide bonds. The van der Waals surface area contributed by atoms with Crippen LogP contribution in [0.5, 0.6) is 0 Å². The first-order chi connectivity index (χ1) is 9.22. The number of nitro groups is 1. The molecule has 0 aliphatic rings. The largest absolute Gasteiger partial charge is 0.467 e. The van der Waals surface area contributed by atoms with Crippen LogP contribution in [0.2, 0.25) is 0 Å². The van der Waals surface area contributed by atoms with E-state index in [-0.39, 0.29) is 4.92 Å². The van der Waals surface area contributed by atoms with Gasteiger partial charge in [-0.25, -0.2) is 0 Å². The lowest BCUT2D eigenvalue weighted by Crippen LogP contribution is -2.25. The molecule has 6 heteroatoms. The smallest absolute Gasteiger partial charge is 0.242 e. The van der Waals surface area contributed by atoms with Gasteiger partial charge in [-0.3, -0.25) is 15.1 Å². The van der Waals surface area contributed by atoms with Gasteiger partial charge < -0.3 is 8.83 Å². The Kier molecular flexibility index (Phi) is 4.12. The Morgan fingerprint density at radius 1 is 1.37 bits per heavy atom. The topological polar surface area (TPSA) is 81.8 Å². The van der Waals surface area contributed by atoms with Crippen LogP contribution in [0, 0.1) is 10.1 Å². The zero-order valence-corrected chi connectivity index (χ0v) is 10.4. The second-order valence-corrected chi connectivity index (χ2v) is 4.01. The number of hydrogen-bond donors (Lipinski definition) is 0. The Morgan fingerprint density at radius 2 is 2.11 bits per heavy atom. The molecular formula is C13H14N2O4. The van der Waals surface area contributed by atoms with E-state index in [1.807, 2.05) is 0 Å². The molecule has 2 rings (SSSR count). The van der Waals surface area contributed by atoms with E-state index in [1.54, 1.807) is 31.2 Å². The molecule has 2 heterocycles. The van der Waals surface area contributed by atoms with Crippen LogP contribution in [0.15, 0.2) is 50.6 Å². The lowest BCUT2D eigenvalue weighted by molar-refractivity contribution is -0.527. The van der Waals surface area contributed by atoms with Crippen molar-refractivity contribution in [1.82, 2.24) is 0 Å². The highest BCUT2D eigenvalue weighted by atomic mass is 16.6. The molecule has 100 valence electrons. The van der Waals surface area contributed by atoms with Crippen LogP contribution in [0.1, 0.15) is 30.9 Å². The molecule has 0 spiro atoms. The first-order valence-corrected chi connectivity index (χ1v) is 5.96. The van der Waals surface area contributed by atoms with E-state index in [9.17, 15) is 10.1 Å². The highest BCUT2D eigenvalue weighted by Crippen LogP contribution is 2.25. The van der Waals surface area contributed by atoms with Crippen LogP contribution in [0.25, 0.3) is 0 Å². The van der Waals surface area contributed by atoms with Gasteiger partial charge in [-0.15, -0.1) is 0 Å². The van der Waals surface area contributed by atoms with Crippen LogP contribution in [-0.4, -0.2) is 17.2 Å². The molecule has 2 aromatic heterocycles. The fourth-order valence-corrected chi connectivity index (χ4v) is 1.83. The van der Waals surface area contributed by atoms with E-state index in [1.165, 1.54) is 18.7 Å². The van der Waals surface area contributed by atoms with Crippen LogP contribution >= 0.6 is 0 Å². The standard InChI is InChI=1S/C13H14N2O4/c1-2-11(15(16)17)13(12-6-4-8-19-12)14-9-10-5-3-7-18-10/h3-9,11,13H,2H2,1H3/t11-,13-/m1/s1. The highest BCUT2D eigenvalue weighted by molar-refractivity contribution is 5.75. The van der Waals surface area contributed by atoms with E-state index in [0.717, 1.165) is 0 Å². The summed E-state index contributed by atoms with van der Waals surface area (Å²) in [6.45, 7) is 1.76. The molecule has 0 fully saturated rings. The Labute approximate surface area is 109 Å². The van der Waals surface area contributed by atoms with Gasteiger partial charge in [0.25, 0.3) is 0 Å². The van der Waals surface area contributed by atoms with Gasteiger partial charge in [-0.2, -0.15) is 0 Å². The summed E-state index contributed by atoms with van der Waals surface area (Å²) in [7, 11) is 0. The number of rotatable bonds is 6. The zero-order valence-electron chi connectivity index (χ0n) is 10.4. The summed E-state index contributed by atoms with van der Waals surface area (Å²) in [6.07, 6.45) is 4.86. The van der Waals surface area contributed by atoms with Crippen molar-refractivity contribution >= 4 is 6.21 Å². The lowest BCUT2D eigenvalue weighted by Gasteiger charge is -2.13. The van der Waals surface area contributed by atoms with Crippen molar-refractivity contribution in [2.24, 2.45) is 4.99 Å². The van der Waals surface area contributed by atoms with Crippen molar-refractivity contribution in [2.45, 2.75) is 25.4 Å². The maximum Gasteiger partial charge on any atom is 0.242 e. The van der Waals surface area contributed by atoms with Gasteiger partial charge in [-0.1, -0.05) is 6.92 Å². The molecule has 0 aliphatic heterocycles. The lowest BCUT2D eigenvalue weighted by atomic mass is 10.0. The van der Waals surface area contributed by atoms with E-state index < -0.39 is 12.1 Å². The third-order valence-electron chi connectivity index (χ3n) is 2.79. The van der Waals surface area contributed by atoms with Crippen LogP contribution in [-0.2, 0) is 0 Å². The second kappa shape index (κ2) is 5.99. The van der Waals surface area contributed by atoms with E-state index >= 15 is 0 Å². The first-order valence-electron chi connectivity index (χ1n) is 5.96. The van der Waals surface area contributed by atoms with Crippen molar-refractivity contribution in [3.63, 3.8) is 0 Å². The maximum atomic E-state index is 11.1. The first kappa shape index (κ1) is 13.1. The van der Waals surface area contributed by atoms with Gasteiger partial charge in [0.05, 0.1) is 18.7 Å². The van der Waals surface area contributed by atoms with Crippen molar-refractivity contribution in [3.8, 4) is 0 Å². The fraction of sp³-hybridized carbons (Fsp3) is 0.308. The predicted molar refractivity (Wildman–Crippen MR) is 68.8 cm³/mol. The minimum Gasteiger partial charge on any atom is -0.467 e. The Morgan fingerprint density at radius 3 is 2.63 bits per heavy atom. The summed E-state index contributed by atoms with van der Waals surface area (Å²) in [5.41, 5.74) is 0. The van der Waals surface area contributed by atoms with E-state index in [4.69, 9.17) is 8.83 Å². The molecule has 0 saturated heterocycles. The van der Waals surface area contributed by atoms with Crippen LogP contribution in [0.4, 0.5) is 0 Å². The average Bonchev–Trinajstić information content (AvgIpc) is 3.06. The molecule has 2 atom stereocenters. The molecule has 0 aliphatic carbocycles. The van der Waals surface area contributed by atoms with Gasteiger partial charge in [0.2, 0.25) is 6.04 Å². The van der Waals surface area contributed by atoms with Gasteiger partial charge >= 0.3 is 0 Å². The molecule has 2 aromatic rings. The molecule has 0 bridgehead atoms. The summed E-state index contributed by atoms with van der Waals surface area (Å²) < 4.78 is 10.4. The normalized spacial score (nSPS) is 14.6. The summed E-state index contributed by atoms with van der Waals surface area (Å²) in [5, 5.41) is 11.1. The Hall–Kier alpha value is -2.37. The van der Waals surface area contributed by atoms with Gasteiger partial charge in [0.1, 0.15) is 11.5 Å². The van der Waals surface area contributed by atoms with Gasteiger partial charge in [0.15, 0.2) is 6.04 Å². The third-order valence-corrected chi connectivity index (χ3v) is 2.79. The molecule has 0 unspecified atom stereocenters. The van der Waals surface area contributed by atoms with Gasteiger partial charge in [0, 0.05) is 11.3 Å². The Bertz CT molecular complexity index is 531. The number of hydrogen-bond acceptors (Lipinski definition) is 5. The molecule has 6 nitrogen and oxygen atoms in total. The van der Waals surface area contributed by atoms with Crippen LogP contribution < -0.4 is 0 Å². The average molecular weight is 262 g/mol. The fourth-order valence-electron chi connectivity index (χ4n) is 1.83. The third kappa shape index (κ3) is 3.09. The maximum absolute atomic E-state index is 11.1. The van der Waals surface area contributed by atoms with E-state index in [2.05, 4.69) is 4.99 Å². The predicted octanol–water partition coefficient (Wildman–Crippen LogP) is 3.09. The highest BCUT2D eigenvalue weighted by Gasteiger charge is 2.32. The monoisotopic (exact) mass is 262 g/mol. The minimum atomic E-state index is -0.822. The molecule has 0 radical (unpaired) electrons. The number of nitrogens with zero attached hydrogens (tertiary/aromatic N) is 2. The van der Waals surface area contributed by atoms with Crippen molar-refractivity contribution in [2.75, 3.05) is 0 Å². The summed E-state index contributed by atoms with van der Waals surface area (Å²) in [4.78, 5) is 15.0. The van der Waals surface area contributed by atoms with Gasteiger partial charge in [-0.05, 0) is 24.3 Å².